The van der Waals surface area contributed by atoms with Gasteiger partial charge in [-0.15, -0.1) is 0 Å². The van der Waals surface area contributed by atoms with E-state index in [2.05, 4.69) is 15.9 Å². The minimum atomic E-state index is -0.546. The predicted octanol–water partition coefficient (Wildman–Crippen LogP) is 7.33. The number of amides is 1. The van der Waals surface area contributed by atoms with Crippen LogP contribution in [0.3, 0.4) is 0 Å². The van der Waals surface area contributed by atoms with Gasteiger partial charge in [-0.05, 0) is 77.6 Å². The second-order valence-corrected chi connectivity index (χ2v) is 10.6. The first-order valence-electron chi connectivity index (χ1n) is 13.4. The minimum Gasteiger partial charge on any atom is -0.466 e. The number of hydrogen-bond donors (Lipinski definition) is 0. The fourth-order valence-electron chi connectivity index (χ4n) is 5.32. The zero-order valence-electron chi connectivity index (χ0n) is 22.6. The molecule has 3 aromatic carbocycles. The average Bonchev–Trinajstić information content (AvgIpc) is 3.34. The van der Waals surface area contributed by atoms with E-state index in [1.165, 1.54) is 31.4 Å². The largest absolute Gasteiger partial charge is 0.466 e. The average molecular weight is 560 g/mol. The van der Waals surface area contributed by atoms with Crippen molar-refractivity contribution in [1.29, 1.82) is 0 Å². The van der Waals surface area contributed by atoms with Crippen LogP contribution in [0.15, 0.2) is 66.9 Å². The van der Waals surface area contributed by atoms with Crippen LogP contribution in [-0.2, 0) is 27.9 Å². The second-order valence-electron chi connectivity index (χ2n) is 10.2. The van der Waals surface area contributed by atoms with Gasteiger partial charge >= 0.3 is 5.97 Å². The molecular formula is C32H31ClFN3O3. The lowest BCUT2D eigenvalue weighted by atomic mass is 9.88. The van der Waals surface area contributed by atoms with Crippen molar-refractivity contribution in [2.45, 2.75) is 38.6 Å². The van der Waals surface area contributed by atoms with Crippen LogP contribution in [0.4, 0.5) is 10.1 Å². The number of ether oxygens (including phenoxy) is 1. The van der Waals surface area contributed by atoms with E-state index in [9.17, 15) is 14.0 Å². The molecule has 1 heterocycles. The molecule has 0 spiro atoms. The number of carbonyl (C=O) groups excluding carboxylic acids is 2. The van der Waals surface area contributed by atoms with Gasteiger partial charge in [-0.3, -0.25) is 9.48 Å². The molecular weight excluding hydrogens is 529 g/mol. The maximum atomic E-state index is 14.8. The van der Waals surface area contributed by atoms with Crippen molar-refractivity contribution in [1.82, 2.24) is 9.78 Å². The van der Waals surface area contributed by atoms with Gasteiger partial charge in [0.2, 0.25) is 5.91 Å². The predicted molar refractivity (Wildman–Crippen MR) is 156 cm³/mol. The summed E-state index contributed by atoms with van der Waals surface area (Å²) in [4.78, 5) is 27.0. The Labute approximate surface area is 238 Å². The molecule has 1 aliphatic rings. The molecule has 40 heavy (non-hydrogen) atoms. The van der Waals surface area contributed by atoms with Gasteiger partial charge in [0, 0.05) is 35.1 Å². The highest BCUT2D eigenvalue weighted by atomic mass is 35.5. The summed E-state index contributed by atoms with van der Waals surface area (Å²) in [5.41, 5.74) is 4.63. The topological polar surface area (TPSA) is 64.4 Å². The fourth-order valence-corrected chi connectivity index (χ4v) is 5.56. The van der Waals surface area contributed by atoms with Gasteiger partial charge < -0.3 is 9.64 Å². The molecule has 1 fully saturated rings. The molecule has 8 heteroatoms. The molecule has 0 radical (unpaired) electrons. The molecule has 4 aromatic rings. The number of hydrogen-bond acceptors (Lipinski definition) is 4. The van der Waals surface area contributed by atoms with E-state index >= 15 is 0 Å². The van der Waals surface area contributed by atoms with Gasteiger partial charge in [0.25, 0.3) is 0 Å². The number of carbonyl (C=O) groups is 2. The van der Waals surface area contributed by atoms with Gasteiger partial charge in [-0.25, -0.2) is 9.18 Å². The summed E-state index contributed by atoms with van der Waals surface area (Å²) in [7, 11) is 3.19. The lowest BCUT2D eigenvalue weighted by Gasteiger charge is -2.30. The van der Waals surface area contributed by atoms with E-state index in [1.54, 1.807) is 11.0 Å². The molecule has 0 bridgehead atoms. The molecule has 1 saturated carbocycles. The smallest absolute Gasteiger partial charge is 0.330 e. The van der Waals surface area contributed by atoms with Gasteiger partial charge in [-0.1, -0.05) is 49.1 Å². The van der Waals surface area contributed by atoms with E-state index in [1.807, 2.05) is 48.3 Å². The third-order valence-electron chi connectivity index (χ3n) is 7.51. The molecule has 6 nitrogen and oxygen atoms in total. The maximum absolute atomic E-state index is 14.8. The number of rotatable bonds is 7. The number of methoxy groups -OCH3 is 1. The zero-order valence-corrected chi connectivity index (χ0v) is 23.3. The highest BCUT2D eigenvalue weighted by Gasteiger charge is 2.28. The quantitative estimate of drug-likeness (QED) is 0.176. The molecule has 0 aliphatic heterocycles. The summed E-state index contributed by atoms with van der Waals surface area (Å²) in [5, 5.41) is 5.87. The van der Waals surface area contributed by atoms with Gasteiger partial charge in [0.15, 0.2) is 0 Å². The van der Waals surface area contributed by atoms with Crippen molar-refractivity contribution in [3.05, 3.63) is 88.8 Å². The Morgan fingerprint density at radius 3 is 2.58 bits per heavy atom. The number of nitrogens with zero attached hydrogens (tertiary/aromatic N) is 3. The number of anilines is 1. The van der Waals surface area contributed by atoms with Crippen molar-refractivity contribution < 1.29 is 18.7 Å². The molecule has 1 aromatic heterocycles. The lowest BCUT2D eigenvalue weighted by Crippen LogP contribution is -2.37. The first kappa shape index (κ1) is 27.6. The van der Waals surface area contributed by atoms with Gasteiger partial charge in [0.1, 0.15) is 5.82 Å². The third kappa shape index (κ3) is 6.10. The van der Waals surface area contributed by atoms with Crippen LogP contribution in [0.25, 0.3) is 28.1 Å². The summed E-state index contributed by atoms with van der Waals surface area (Å²) < 4.78 is 21.2. The summed E-state index contributed by atoms with van der Waals surface area (Å²) in [6.07, 6.45) is 9.26. The van der Waals surface area contributed by atoms with Crippen molar-refractivity contribution in [2.24, 2.45) is 13.0 Å². The van der Waals surface area contributed by atoms with Crippen LogP contribution in [0.5, 0.6) is 0 Å². The van der Waals surface area contributed by atoms with E-state index < -0.39 is 11.8 Å². The SMILES string of the molecule is COC(=O)/C=C/c1cc(F)cc(N(Cc2ccc(-c3ccc4c(cnn4C)c3)cc2Cl)C(=O)C2CCCCC2)c1. The lowest BCUT2D eigenvalue weighted by molar-refractivity contribution is -0.134. The van der Waals surface area contributed by atoms with E-state index in [0.717, 1.165) is 59.7 Å². The summed E-state index contributed by atoms with van der Waals surface area (Å²) in [6.45, 7) is 0.194. The van der Waals surface area contributed by atoms with Crippen molar-refractivity contribution in [3.63, 3.8) is 0 Å². The van der Waals surface area contributed by atoms with Crippen LogP contribution >= 0.6 is 11.6 Å². The number of aromatic nitrogens is 2. The third-order valence-corrected chi connectivity index (χ3v) is 7.86. The van der Waals surface area contributed by atoms with E-state index in [0.29, 0.717) is 16.3 Å². The number of aryl methyl sites for hydroxylation is 1. The molecule has 1 aliphatic carbocycles. The normalized spacial score (nSPS) is 14.1. The highest BCUT2D eigenvalue weighted by Crippen LogP contribution is 2.33. The van der Waals surface area contributed by atoms with Crippen molar-refractivity contribution >= 4 is 46.1 Å². The van der Waals surface area contributed by atoms with Gasteiger partial charge in [-0.2, -0.15) is 5.10 Å². The van der Waals surface area contributed by atoms with E-state index in [-0.39, 0.29) is 18.4 Å². The number of fused-ring (bicyclic) bond motifs is 1. The van der Waals surface area contributed by atoms with Crippen LogP contribution in [0.2, 0.25) is 5.02 Å². The minimum absolute atomic E-state index is 0.0460. The Morgan fingerprint density at radius 2 is 1.82 bits per heavy atom. The summed E-state index contributed by atoms with van der Waals surface area (Å²) >= 11 is 6.80. The molecule has 206 valence electrons. The van der Waals surface area contributed by atoms with Crippen LogP contribution in [-0.4, -0.2) is 28.8 Å². The highest BCUT2D eigenvalue weighted by molar-refractivity contribution is 6.31. The Morgan fingerprint density at radius 1 is 1.07 bits per heavy atom. The first-order valence-corrected chi connectivity index (χ1v) is 13.8. The zero-order chi connectivity index (χ0) is 28.2. The van der Waals surface area contributed by atoms with Crippen LogP contribution in [0, 0.1) is 11.7 Å². The van der Waals surface area contributed by atoms with Gasteiger partial charge in [0.05, 0.1) is 25.4 Å². The molecule has 0 N–H and O–H groups in total. The molecule has 0 saturated heterocycles. The Balaban J connectivity index is 1.47. The monoisotopic (exact) mass is 559 g/mol. The molecule has 1 amide bonds. The second kappa shape index (κ2) is 12.0. The van der Waals surface area contributed by atoms with E-state index in [4.69, 9.17) is 11.6 Å². The van der Waals surface area contributed by atoms with Crippen LogP contribution in [0.1, 0.15) is 43.2 Å². The maximum Gasteiger partial charge on any atom is 0.330 e. The summed E-state index contributed by atoms with van der Waals surface area (Å²) in [5.74, 6) is -1.23. The molecule has 0 atom stereocenters. The number of esters is 1. The molecule has 5 rings (SSSR count). The van der Waals surface area contributed by atoms with Crippen molar-refractivity contribution in [3.8, 4) is 11.1 Å². The Bertz CT molecular complexity index is 1590. The van der Waals surface area contributed by atoms with Crippen LogP contribution < -0.4 is 4.90 Å². The standard InChI is InChI=1S/C32H31ClFN3O3/c1-36-30-12-11-23(16-26(30)19-35-36)24-9-10-25(29(33)17-24)20-37(32(39)22-6-4-3-5-7-22)28-15-21(14-27(34)18-28)8-13-31(38)40-2/h8-19,22H,3-7,20H2,1-2H3/b13-8+. The molecule has 0 unspecified atom stereocenters. The number of halogens is 2. The fraction of sp³-hybridized carbons (Fsp3) is 0.281. The Kier molecular flexibility index (Phi) is 8.31. The number of benzene rings is 3. The summed E-state index contributed by atoms with van der Waals surface area (Å²) in [6, 6.07) is 16.3. The first-order chi connectivity index (χ1) is 19.3. The van der Waals surface area contributed by atoms with Crippen molar-refractivity contribution in [2.75, 3.05) is 12.0 Å². The Hall–Kier alpha value is -3.97.